The van der Waals surface area contributed by atoms with Crippen LogP contribution in [0.3, 0.4) is 0 Å². The predicted octanol–water partition coefficient (Wildman–Crippen LogP) is 8.88. The molecule has 5 heterocycles. The van der Waals surface area contributed by atoms with E-state index in [1.807, 2.05) is 18.7 Å². The number of aromatic hydroxyl groups is 1. The Morgan fingerprint density at radius 2 is 1.75 bits per heavy atom. The molecule has 8 rings (SSSR count). The van der Waals surface area contributed by atoms with Crippen LogP contribution >= 0.6 is 0 Å². The van der Waals surface area contributed by atoms with E-state index in [-0.39, 0.29) is 33.8 Å². The average Bonchev–Trinajstić information content (AvgIpc) is 3.73. The van der Waals surface area contributed by atoms with Crippen molar-refractivity contribution in [3.8, 4) is 35.2 Å². The van der Waals surface area contributed by atoms with Crippen LogP contribution in [-0.2, 0) is 0 Å². The molecule has 0 amide bonds. The van der Waals surface area contributed by atoms with Gasteiger partial charge in [0.2, 0.25) is 0 Å². The summed E-state index contributed by atoms with van der Waals surface area (Å²) >= 11 is 0. The summed E-state index contributed by atoms with van der Waals surface area (Å²) in [7, 11) is 1.41. The van der Waals surface area contributed by atoms with Crippen LogP contribution in [0.2, 0.25) is 0 Å². The molecule has 4 saturated heterocycles. The lowest BCUT2D eigenvalue weighted by Gasteiger charge is -2.32. The summed E-state index contributed by atoms with van der Waals surface area (Å²) < 4.78 is 49.7. The first-order chi connectivity index (χ1) is 25.2. The largest absolute Gasteiger partial charge is 0.508 e. The lowest BCUT2D eigenvalue weighted by Crippen LogP contribution is -2.35. The Bertz CT molecular complexity index is 1850. The smallest absolute Gasteiger partial charge is 0.318 e. The van der Waals surface area contributed by atoms with Gasteiger partial charge in [0.1, 0.15) is 29.1 Å². The van der Waals surface area contributed by atoms with Crippen LogP contribution in [0.15, 0.2) is 36.4 Å². The number of nitrogens with zero attached hydrogens (tertiary/aromatic N) is 4. The van der Waals surface area contributed by atoms with Gasteiger partial charge < -0.3 is 20.1 Å². The minimum Gasteiger partial charge on any atom is -0.508 e. The normalized spacial score (nSPS) is 22.6. The highest BCUT2D eigenvalue weighted by molar-refractivity contribution is 6.04. The highest BCUT2D eigenvalue weighted by Gasteiger charge is 2.34. The third-order valence-electron chi connectivity index (χ3n) is 10.4. The van der Waals surface area contributed by atoms with Gasteiger partial charge in [-0.3, -0.25) is 4.90 Å². The molecule has 4 aromatic rings. The molecular formula is C42H54F3N5O2. The van der Waals surface area contributed by atoms with Gasteiger partial charge in [-0.1, -0.05) is 45.7 Å². The zero-order valence-electron chi connectivity index (χ0n) is 31.3. The molecule has 280 valence electrons. The van der Waals surface area contributed by atoms with Crippen LogP contribution in [0.1, 0.15) is 78.2 Å². The molecule has 2 N–H and O–H groups in total. The van der Waals surface area contributed by atoms with Crippen molar-refractivity contribution < 1.29 is 23.0 Å². The molecule has 3 aromatic carbocycles. The van der Waals surface area contributed by atoms with E-state index in [4.69, 9.17) is 11.2 Å². The minimum atomic E-state index is -0.860. The summed E-state index contributed by atoms with van der Waals surface area (Å²) in [6.07, 6.45) is 13.3. The van der Waals surface area contributed by atoms with Gasteiger partial charge in [0.25, 0.3) is 0 Å². The standard InChI is InChI=1S/C27H23F2N3O2.C7H12FN.C6H13N.C2H6/c1-4-16-8-5-9-17-11-18(33)12-19(22(16)17)23-21(28)13-20-25(24(23)29)30-27(34-3)31-26(20)32-10-6-7-15(2)14-32;8-6-4-7-2-1-3-9(7)5-6;1-6-3-2-4-7-5-6;1-2/h1,5,8-9,11-13,15,33H,6-7,10,14H2,2-3H3;6-7H,1-5H2;6-7H,2-5H2,1H3;1-2H3/t;6-,7?;6-;/m.10./s1. The number of aromatic nitrogens is 2. The molecule has 4 fully saturated rings. The monoisotopic (exact) mass is 717 g/mol. The van der Waals surface area contributed by atoms with Crippen molar-refractivity contribution in [3.05, 3.63) is 53.6 Å². The number of hydrogen-bond acceptors (Lipinski definition) is 7. The Morgan fingerprint density at radius 1 is 0.981 bits per heavy atom. The van der Waals surface area contributed by atoms with E-state index in [1.165, 1.54) is 64.1 Å². The van der Waals surface area contributed by atoms with E-state index < -0.39 is 17.8 Å². The molecule has 7 nitrogen and oxygen atoms in total. The van der Waals surface area contributed by atoms with Crippen molar-refractivity contribution >= 4 is 27.5 Å². The first kappa shape index (κ1) is 39.1. The molecule has 4 atom stereocenters. The molecule has 4 aliphatic rings. The van der Waals surface area contributed by atoms with Crippen LogP contribution in [0.5, 0.6) is 11.8 Å². The lowest BCUT2D eigenvalue weighted by molar-refractivity contribution is 0.292. The Balaban J connectivity index is 0.000000235. The van der Waals surface area contributed by atoms with E-state index in [2.05, 4.69) is 40.0 Å². The maximum absolute atomic E-state index is 16.1. The maximum atomic E-state index is 16.1. The number of ether oxygens (including phenoxy) is 1. The Hall–Kier alpha value is -4.07. The first-order valence-electron chi connectivity index (χ1n) is 19.0. The number of phenolic OH excluding ortho intramolecular Hbond substituents is 1. The summed E-state index contributed by atoms with van der Waals surface area (Å²) in [4.78, 5) is 13.0. The molecule has 0 radical (unpaired) electrons. The van der Waals surface area contributed by atoms with Crippen molar-refractivity contribution in [3.63, 3.8) is 0 Å². The van der Waals surface area contributed by atoms with Crippen LogP contribution in [0, 0.1) is 35.8 Å². The number of terminal acetylenes is 1. The lowest BCUT2D eigenvalue weighted by atomic mass is 9.93. The summed E-state index contributed by atoms with van der Waals surface area (Å²) in [6.45, 7) is 14.2. The van der Waals surface area contributed by atoms with Crippen molar-refractivity contribution in [2.45, 2.75) is 84.9 Å². The number of fused-ring (bicyclic) bond motifs is 3. The van der Waals surface area contributed by atoms with Crippen molar-refractivity contribution in [1.29, 1.82) is 0 Å². The summed E-state index contributed by atoms with van der Waals surface area (Å²) in [5.41, 5.74) is 0.266. The molecule has 0 aliphatic carbocycles. The molecular weight excluding hydrogens is 663 g/mol. The summed E-state index contributed by atoms with van der Waals surface area (Å²) in [5, 5.41) is 15.0. The van der Waals surface area contributed by atoms with Gasteiger partial charge in [-0.25, -0.2) is 13.2 Å². The highest BCUT2D eigenvalue weighted by Crippen LogP contribution is 2.41. The van der Waals surface area contributed by atoms with Crippen LogP contribution in [0.25, 0.3) is 32.8 Å². The second-order valence-corrected chi connectivity index (χ2v) is 14.3. The van der Waals surface area contributed by atoms with E-state index in [0.717, 1.165) is 44.8 Å². The van der Waals surface area contributed by atoms with E-state index in [0.29, 0.717) is 40.7 Å². The number of hydrogen-bond donors (Lipinski definition) is 2. The summed E-state index contributed by atoms with van der Waals surface area (Å²) in [6, 6.07) is 9.87. The SMILES string of the molecule is C#Cc1cccc2cc(O)cc(-c3c(F)cc4c(N5CCCC(C)C5)nc(OC)nc4c3F)c12.CC.C[C@H]1CCCNC1.F[C@@H]1CC2CCCN2C1. The van der Waals surface area contributed by atoms with E-state index in [1.54, 1.807) is 18.2 Å². The number of benzene rings is 3. The van der Waals surface area contributed by atoms with Gasteiger partial charge in [-0.2, -0.15) is 9.97 Å². The van der Waals surface area contributed by atoms with Gasteiger partial charge in [0.15, 0.2) is 5.82 Å². The third-order valence-corrected chi connectivity index (χ3v) is 10.4. The Kier molecular flexibility index (Phi) is 13.6. The number of rotatable bonds is 3. The molecule has 52 heavy (non-hydrogen) atoms. The Morgan fingerprint density at radius 3 is 2.40 bits per heavy atom. The van der Waals surface area contributed by atoms with Crippen LogP contribution in [-0.4, -0.2) is 78.6 Å². The molecule has 0 bridgehead atoms. The number of piperidine rings is 2. The predicted molar refractivity (Wildman–Crippen MR) is 206 cm³/mol. The van der Waals surface area contributed by atoms with Crippen LogP contribution in [0.4, 0.5) is 19.0 Å². The van der Waals surface area contributed by atoms with Crippen molar-refractivity contribution in [2.75, 3.05) is 51.3 Å². The number of methoxy groups -OCH3 is 1. The van der Waals surface area contributed by atoms with E-state index in [9.17, 15) is 9.50 Å². The zero-order chi connectivity index (χ0) is 37.4. The van der Waals surface area contributed by atoms with Gasteiger partial charge in [-0.05, 0) is 106 Å². The van der Waals surface area contributed by atoms with Gasteiger partial charge in [0.05, 0.1) is 12.7 Å². The molecule has 0 spiro atoms. The van der Waals surface area contributed by atoms with Gasteiger partial charge in [0, 0.05) is 47.6 Å². The maximum Gasteiger partial charge on any atom is 0.318 e. The first-order valence-corrected chi connectivity index (χ1v) is 19.0. The molecule has 10 heteroatoms. The summed E-state index contributed by atoms with van der Waals surface area (Å²) in [5.74, 6) is 2.60. The van der Waals surface area contributed by atoms with Crippen molar-refractivity contribution in [2.24, 2.45) is 11.8 Å². The van der Waals surface area contributed by atoms with E-state index >= 15 is 8.78 Å². The molecule has 0 saturated carbocycles. The molecule has 2 unspecified atom stereocenters. The average molecular weight is 718 g/mol. The van der Waals surface area contributed by atoms with Gasteiger partial charge in [-0.15, -0.1) is 6.42 Å². The Labute approximate surface area is 307 Å². The number of phenols is 1. The number of halogens is 3. The third kappa shape index (κ3) is 8.92. The van der Waals surface area contributed by atoms with Crippen molar-refractivity contribution in [1.82, 2.24) is 20.2 Å². The fraction of sp³-hybridized carbons (Fsp3) is 0.524. The minimum absolute atomic E-state index is 0.00210. The highest BCUT2D eigenvalue weighted by atomic mass is 19.1. The number of nitrogens with one attached hydrogen (secondary N) is 1. The van der Waals surface area contributed by atoms with Gasteiger partial charge >= 0.3 is 6.01 Å². The number of alkyl halides is 1. The fourth-order valence-corrected chi connectivity index (χ4v) is 7.90. The van der Waals surface area contributed by atoms with Crippen LogP contribution < -0.4 is 15.0 Å². The topological polar surface area (TPSA) is 73.8 Å². The second kappa shape index (κ2) is 18.1. The zero-order valence-corrected chi connectivity index (χ0v) is 31.3. The number of anilines is 1. The molecule has 1 aromatic heterocycles. The molecule has 4 aliphatic heterocycles. The second-order valence-electron chi connectivity index (χ2n) is 14.3. The quantitative estimate of drug-likeness (QED) is 0.205. The fourth-order valence-electron chi connectivity index (χ4n) is 7.90.